The minimum absolute atomic E-state index is 0.285. The van der Waals surface area contributed by atoms with Crippen LogP contribution in [0.25, 0.3) is 0 Å². The van der Waals surface area contributed by atoms with Gasteiger partial charge in [0.2, 0.25) is 0 Å². The van der Waals surface area contributed by atoms with Crippen molar-refractivity contribution in [3.8, 4) is 5.75 Å². The Morgan fingerprint density at radius 1 is 1.20 bits per heavy atom. The van der Waals surface area contributed by atoms with Crippen LogP contribution in [-0.2, 0) is 0 Å². The van der Waals surface area contributed by atoms with E-state index in [0.29, 0.717) is 5.38 Å². The predicted molar refractivity (Wildman–Crippen MR) is 64.2 cm³/mol. The van der Waals surface area contributed by atoms with Crippen LogP contribution in [0.2, 0.25) is 5.02 Å². The molecule has 1 aromatic carbocycles. The number of benzene rings is 1. The van der Waals surface area contributed by atoms with Crippen LogP contribution in [0.1, 0.15) is 24.0 Å². The van der Waals surface area contributed by atoms with Crippen molar-refractivity contribution in [2.45, 2.75) is 38.2 Å². The van der Waals surface area contributed by atoms with Gasteiger partial charge in [0.1, 0.15) is 11.9 Å². The lowest BCUT2D eigenvalue weighted by atomic mass is 9.95. The first-order valence-corrected chi connectivity index (χ1v) is 5.95. The van der Waals surface area contributed by atoms with E-state index in [-0.39, 0.29) is 6.10 Å². The Balaban J connectivity index is 2.09. The summed E-state index contributed by atoms with van der Waals surface area (Å²) in [7, 11) is 0. The van der Waals surface area contributed by atoms with Crippen molar-refractivity contribution in [2.75, 3.05) is 0 Å². The Bertz CT molecular complexity index is 347. The molecule has 2 rings (SSSR count). The van der Waals surface area contributed by atoms with Crippen molar-refractivity contribution >= 4 is 23.2 Å². The quantitative estimate of drug-likeness (QED) is 0.712. The van der Waals surface area contributed by atoms with Gasteiger partial charge in [0.25, 0.3) is 0 Å². The van der Waals surface area contributed by atoms with Gasteiger partial charge in [0.15, 0.2) is 0 Å². The third kappa shape index (κ3) is 2.40. The van der Waals surface area contributed by atoms with E-state index in [4.69, 9.17) is 27.9 Å². The SMILES string of the molecule is Cc1cc(OC2CC(Cl)C2)cc(C)c1Cl. The fourth-order valence-corrected chi connectivity index (χ4v) is 2.27. The summed E-state index contributed by atoms with van der Waals surface area (Å²) in [5, 5.41) is 1.12. The minimum Gasteiger partial charge on any atom is -0.490 e. The Hall–Kier alpha value is -0.400. The number of halogens is 2. The van der Waals surface area contributed by atoms with E-state index in [1.54, 1.807) is 0 Å². The van der Waals surface area contributed by atoms with Gasteiger partial charge < -0.3 is 4.74 Å². The summed E-state index contributed by atoms with van der Waals surface area (Å²) < 4.78 is 5.79. The maximum atomic E-state index is 6.08. The monoisotopic (exact) mass is 244 g/mol. The van der Waals surface area contributed by atoms with Crippen molar-refractivity contribution in [2.24, 2.45) is 0 Å². The summed E-state index contributed by atoms with van der Waals surface area (Å²) in [4.78, 5) is 0. The van der Waals surface area contributed by atoms with Crippen molar-refractivity contribution < 1.29 is 4.74 Å². The van der Waals surface area contributed by atoms with Crippen molar-refractivity contribution in [1.82, 2.24) is 0 Å². The second-order valence-electron chi connectivity index (χ2n) is 4.18. The highest BCUT2D eigenvalue weighted by Crippen LogP contribution is 2.32. The molecule has 0 atom stereocenters. The van der Waals surface area contributed by atoms with Crippen LogP contribution >= 0.6 is 23.2 Å². The average molecular weight is 245 g/mol. The summed E-state index contributed by atoms with van der Waals surface area (Å²) in [5.41, 5.74) is 2.13. The first-order valence-electron chi connectivity index (χ1n) is 5.13. The largest absolute Gasteiger partial charge is 0.490 e. The number of hydrogen-bond donors (Lipinski definition) is 0. The molecule has 0 bridgehead atoms. The van der Waals surface area contributed by atoms with Crippen molar-refractivity contribution in [3.05, 3.63) is 28.3 Å². The van der Waals surface area contributed by atoms with Crippen molar-refractivity contribution in [1.29, 1.82) is 0 Å². The van der Waals surface area contributed by atoms with E-state index < -0.39 is 0 Å². The zero-order valence-electron chi connectivity index (χ0n) is 8.89. The summed E-state index contributed by atoms with van der Waals surface area (Å²) in [6, 6.07) is 3.97. The van der Waals surface area contributed by atoms with E-state index >= 15 is 0 Å². The molecule has 1 aliphatic carbocycles. The molecule has 0 unspecified atom stereocenters. The number of ether oxygens (including phenoxy) is 1. The summed E-state index contributed by atoms with van der Waals surface area (Å²) >= 11 is 12.0. The smallest absolute Gasteiger partial charge is 0.120 e. The summed E-state index contributed by atoms with van der Waals surface area (Å²) in [5.74, 6) is 0.906. The molecule has 1 saturated carbocycles. The van der Waals surface area contributed by atoms with Crippen LogP contribution in [0.3, 0.4) is 0 Å². The Labute approximate surface area is 100 Å². The summed E-state index contributed by atoms with van der Waals surface area (Å²) in [6.45, 7) is 3.99. The number of alkyl halides is 1. The highest BCUT2D eigenvalue weighted by molar-refractivity contribution is 6.32. The summed E-state index contributed by atoms with van der Waals surface area (Å²) in [6.07, 6.45) is 2.18. The standard InChI is InChI=1S/C12H14Cl2O/c1-7-3-10(4-8(2)12(7)14)15-11-5-9(13)6-11/h3-4,9,11H,5-6H2,1-2H3. The Morgan fingerprint density at radius 3 is 2.20 bits per heavy atom. The van der Waals surface area contributed by atoms with E-state index in [1.807, 2.05) is 26.0 Å². The first kappa shape index (κ1) is 11.1. The van der Waals surface area contributed by atoms with Crippen molar-refractivity contribution in [3.63, 3.8) is 0 Å². The van der Waals surface area contributed by atoms with Crippen LogP contribution < -0.4 is 4.74 Å². The highest BCUT2D eigenvalue weighted by Gasteiger charge is 2.29. The van der Waals surface area contributed by atoms with Gasteiger partial charge in [-0.25, -0.2) is 0 Å². The third-order valence-corrected chi connectivity index (χ3v) is 3.70. The molecule has 0 aromatic heterocycles. The minimum atomic E-state index is 0.285. The van der Waals surface area contributed by atoms with Crippen LogP contribution in [0.4, 0.5) is 0 Å². The Morgan fingerprint density at radius 2 is 1.73 bits per heavy atom. The molecule has 0 heterocycles. The van der Waals surface area contributed by atoms with Gasteiger partial charge in [-0.3, -0.25) is 0 Å². The molecule has 1 nitrogen and oxygen atoms in total. The maximum Gasteiger partial charge on any atom is 0.120 e. The molecule has 0 N–H and O–H groups in total. The fourth-order valence-electron chi connectivity index (χ4n) is 1.76. The molecule has 82 valence electrons. The molecular weight excluding hydrogens is 231 g/mol. The molecule has 0 radical (unpaired) electrons. The van der Waals surface area contributed by atoms with Gasteiger partial charge in [-0.2, -0.15) is 0 Å². The number of hydrogen-bond acceptors (Lipinski definition) is 1. The molecule has 0 spiro atoms. The molecule has 3 heteroatoms. The molecule has 15 heavy (non-hydrogen) atoms. The third-order valence-electron chi connectivity index (χ3n) is 2.75. The van der Waals surface area contributed by atoms with Gasteiger partial charge in [0.05, 0.1) is 0 Å². The molecule has 1 aromatic rings. The highest BCUT2D eigenvalue weighted by atomic mass is 35.5. The van der Waals surface area contributed by atoms with E-state index in [9.17, 15) is 0 Å². The fraction of sp³-hybridized carbons (Fsp3) is 0.500. The van der Waals surface area contributed by atoms with Gasteiger partial charge in [-0.05, 0) is 37.1 Å². The van der Waals surface area contributed by atoms with Gasteiger partial charge in [-0.15, -0.1) is 11.6 Å². The Kier molecular flexibility index (Phi) is 3.13. The maximum absolute atomic E-state index is 6.08. The van der Waals surface area contributed by atoms with Gasteiger partial charge >= 0.3 is 0 Å². The molecule has 0 amide bonds. The molecule has 1 aliphatic rings. The second kappa shape index (κ2) is 4.23. The molecule has 1 fully saturated rings. The lowest BCUT2D eigenvalue weighted by molar-refractivity contribution is 0.124. The zero-order chi connectivity index (χ0) is 11.0. The lowest BCUT2D eigenvalue weighted by Crippen LogP contribution is -2.34. The van der Waals surface area contributed by atoms with E-state index in [0.717, 1.165) is 34.7 Å². The zero-order valence-corrected chi connectivity index (χ0v) is 10.4. The lowest BCUT2D eigenvalue weighted by Gasteiger charge is -2.31. The van der Waals surface area contributed by atoms with Gasteiger partial charge in [0, 0.05) is 23.2 Å². The first-order chi connectivity index (χ1) is 7.06. The number of aryl methyl sites for hydroxylation is 2. The topological polar surface area (TPSA) is 9.23 Å². The van der Waals surface area contributed by atoms with Crippen LogP contribution in [0.15, 0.2) is 12.1 Å². The number of rotatable bonds is 2. The van der Waals surface area contributed by atoms with Crippen LogP contribution in [0.5, 0.6) is 5.75 Å². The molecule has 0 saturated heterocycles. The van der Waals surface area contributed by atoms with E-state index in [2.05, 4.69) is 0 Å². The van der Waals surface area contributed by atoms with Gasteiger partial charge in [-0.1, -0.05) is 11.6 Å². The molecule has 0 aliphatic heterocycles. The predicted octanol–water partition coefficient (Wildman–Crippen LogP) is 4.11. The van der Waals surface area contributed by atoms with Crippen LogP contribution in [0, 0.1) is 13.8 Å². The van der Waals surface area contributed by atoms with Crippen LogP contribution in [-0.4, -0.2) is 11.5 Å². The second-order valence-corrected chi connectivity index (χ2v) is 5.17. The average Bonchev–Trinajstić information content (AvgIpc) is 2.11. The normalized spacial score (nSPS) is 24.8. The molecular formula is C12H14Cl2O. The van der Waals surface area contributed by atoms with E-state index in [1.165, 1.54) is 0 Å².